The molecule has 1 aliphatic carbocycles. The van der Waals surface area contributed by atoms with Crippen molar-refractivity contribution in [2.75, 3.05) is 32.8 Å². The van der Waals surface area contributed by atoms with Crippen molar-refractivity contribution in [1.82, 2.24) is 15.5 Å². The van der Waals surface area contributed by atoms with E-state index in [9.17, 15) is 4.79 Å². The molecule has 148 valence electrons. The second-order valence-electron chi connectivity index (χ2n) is 7.72. The van der Waals surface area contributed by atoms with Crippen LogP contribution in [0.5, 0.6) is 0 Å². The lowest BCUT2D eigenvalue weighted by Crippen LogP contribution is -2.47. The Balaban J connectivity index is 1.40. The molecule has 2 atom stereocenters. The van der Waals surface area contributed by atoms with E-state index in [0.29, 0.717) is 31.1 Å². The van der Waals surface area contributed by atoms with Crippen molar-refractivity contribution in [2.45, 2.75) is 44.7 Å². The molecule has 1 saturated heterocycles. The minimum atomic E-state index is -0.00123. The van der Waals surface area contributed by atoms with Gasteiger partial charge in [-0.25, -0.2) is 0 Å². The third-order valence-corrected chi connectivity index (χ3v) is 5.67. The number of aliphatic hydroxyl groups excluding tert-OH is 1. The number of hydrogen-bond donors (Lipinski definition) is 3. The van der Waals surface area contributed by atoms with Gasteiger partial charge >= 0.3 is 0 Å². The summed E-state index contributed by atoms with van der Waals surface area (Å²) in [5.41, 5.74) is 2.85. The predicted octanol–water partition coefficient (Wildman–Crippen LogP) is 2.03. The quantitative estimate of drug-likeness (QED) is 0.622. The molecule has 1 aromatic rings. The van der Waals surface area contributed by atoms with Crippen molar-refractivity contribution in [3.8, 4) is 0 Å². The van der Waals surface area contributed by atoms with E-state index in [4.69, 9.17) is 5.11 Å². The molecule has 3 N–H and O–H groups in total. The number of carbonyl (C=O) groups is 1. The maximum absolute atomic E-state index is 11.8. The second-order valence-corrected chi connectivity index (χ2v) is 7.72. The molecule has 1 saturated carbocycles. The highest BCUT2D eigenvalue weighted by molar-refractivity contribution is 5.78. The van der Waals surface area contributed by atoms with Gasteiger partial charge in [-0.05, 0) is 37.2 Å². The summed E-state index contributed by atoms with van der Waals surface area (Å²) < 4.78 is 0. The molecular formula is C22H33N3O2. The Morgan fingerprint density at radius 3 is 2.67 bits per heavy atom. The molecular weight excluding hydrogens is 338 g/mol. The lowest BCUT2D eigenvalue weighted by atomic mass is 10.0. The van der Waals surface area contributed by atoms with E-state index in [1.54, 1.807) is 5.57 Å². The summed E-state index contributed by atoms with van der Waals surface area (Å²) in [6.45, 7) is 4.96. The second kappa shape index (κ2) is 10.0. The third kappa shape index (κ3) is 6.16. The van der Waals surface area contributed by atoms with E-state index < -0.39 is 0 Å². The van der Waals surface area contributed by atoms with Gasteiger partial charge in [0.25, 0.3) is 0 Å². The maximum Gasteiger partial charge on any atom is 0.234 e. The minimum Gasteiger partial charge on any atom is -0.395 e. The van der Waals surface area contributed by atoms with Crippen LogP contribution in [0, 0.1) is 5.92 Å². The van der Waals surface area contributed by atoms with Crippen LogP contribution in [0.2, 0.25) is 0 Å². The molecule has 0 unspecified atom stereocenters. The van der Waals surface area contributed by atoms with Crippen LogP contribution in [0.15, 0.2) is 35.9 Å². The van der Waals surface area contributed by atoms with Gasteiger partial charge in [0.1, 0.15) is 0 Å². The average Bonchev–Trinajstić information content (AvgIpc) is 3.45. The Hall–Kier alpha value is -1.69. The number of carbonyl (C=O) groups excluding carboxylic acids is 1. The molecule has 3 rings (SSSR count). The lowest BCUT2D eigenvalue weighted by molar-refractivity contribution is -0.122. The summed E-state index contributed by atoms with van der Waals surface area (Å²) >= 11 is 0. The Morgan fingerprint density at radius 2 is 2.00 bits per heavy atom. The first-order chi connectivity index (χ1) is 13.2. The molecule has 27 heavy (non-hydrogen) atoms. The normalized spacial score (nSPS) is 24.0. The summed E-state index contributed by atoms with van der Waals surface area (Å²) in [5.74, 6) is 0.689. The van der Waals surface area contributed by atoms with Crippen molar-refractivity contribution in [3.63, 3.8) is 0 Å². The number of benzene rings is 1. The average molecular weight is 372 g/mol. The number of aliphatic hydroxyl groups is 1. The van der Waals surface area contributed by atoms with Gasteiger partial charge < -0.3 is 15.7 Å². The summed E-state index contributed by atoms with van der Waals surface area (Å²) in [7, 11) is 0. The molecule has 5 heteroatoms. The smallest absolute Gasteiger partial charge is 0.234 e. The number of amides is 1. The van der Waals surface area contributed by atoms with Gasteiger partial charge in [-0.3, -0.25) is 9.69 Å². The van der Waals surface area contributed by atoms with Gasteiger partial charge in [0.2, 0.25) is 5.91 Å². The summed E-state index contributed by atoms with van der Waals surface area (Å²) in [6, 6.07) is 11.8. The molecule has 0 spiro atoms. The van der Waals surface area contributed by atoms with Gasteiger partial charge in [-0.15, -0.1) is 0 Å². The number of rotatable bonds is 9. The van der Waals surface area contributed by atoms with Crippen LogP contribution in [0.3, 0.4) is 0 Å². The van der Waals surface area contributed by atoms with Gasteiger partial charge in [0.05, 0.1) is 13.2 Å². The molecule has 1 aliphatic heterocycles. The van der Waals surface area contributed by atoms with E-state index in [2.05, 4.69) is 58.9 Å². The molecule has 0 bridgehead atoms. The first-order valence-electron chi connectivity index (χ1n) is 10.3. The number of likely N-dealkylation sites (tertiary alicyclic amines) is 1. The van der Waals surface area contributed by atoms with Gasteiger partial charge in [-0.2, -0.15) is 0 Å². The van der Waals surface area contributed by atoms with Crippen LogP contribution in [0.25, 0.3) is 6.08 Å². The first kappa shape index (κ1) is 20.1. The maximum atomic E-state index is 11.8. The fraction of sp³-hybridized carbons (Fsp3) is 0.591. The van der Waals surface area contributed by atoms with Crippen molar-refractivity contribution < 1.29 is 9.90 Å². The van der Waals surface area contributed by atoms with Crippen LogP contribution >= 0.6 is 0 Å². The van der Waals surface area contributed by atoms with Crippen LogP contribution < -0.4 is 10.6 Å². The zero-order valence-electron chi connectivity index (χ0n) is 16.4. The van der Waals surface area contributed by atoms with E-state index in [-0.39, 0.29) is 12.5 Å². The highest BCUT2D eigenvalue weighted by atomic mass is 16.3. The number of piperidine rings is 1. The molecule has 1 heterocycles. The number of nitrogens with zero attached hydrogens (tertiary/aromatic N) is 1. The molecule has 0 radical (unpaired) electrons. The molecule has 1 aromatic carbocycles. The summed E-state index contributed by atoms with van der Waals surface area (Å²) in [5, 5.41) is 15.3. The van der Waals surface area contributed by atoms with E-state index >= 15 is 0 Å². The minimum absolute atomic E-state index is 0.00123. The molecule has 2 fully saturated rings. The Labute approximate surface area is 162 Å². The van der Waals surface area contributed by atoms with E-state index in [0.717, 1.165) is 32.4 Å². The lowest BCUT2D eigenvalue weighted by Gasteiger charge is -2.32. The van der Waals surface area contributed by atoms with Gasteiger partial charge in [0, 0.05) is 31.7 Å². The molecule has 5 nitrogen and oxygen atoms in total. The van der Waals surface area contributed by atoms with Crippen molar-refractivity contribution in [3.05, 3.63) is 41.5 Å². The van der Waals surface area contributed by atoms with Crippen molar-refractivity contribution >= 4 is 12.0 Å². The molecule has 0 aromatic heterocycles. The van der Waals surface area contributed by atoms with E-state index in [1.807, 2.05) is 0 Å². The van der Waals surface area contributed by atoms with E-state index in [1.165, 1.54) is 12.0 Å². The predicted molar refractivity (Wildman–Crippen MR) is 109 cm³/mol. The number of hydrogen-bond acceptors (Lipinski definition) is 4. The zero-order valence-corrected chi connectivity index (χ0v) is 16.4. The van der Waals surface area contributed by atoms with Crippen LogP contribution in [0.4, 0.5) is 0 Å². The van der Waals surface area contributed by atoms with Crippen molar-refractivity contribution in [1.29, 1.82) is 0 Å². The zero-order chi connectivity index (χ0) is 19.1. The Kier molecular flexibility index (Phi) is 7.44. The Morgan fingerprint density at radius 1 is 1.26 bits per heavy atom. The van der Waals surface area contributed by atoms with Gasteiger partial charge in [-0.1, -0.05) is 48.9 Å². The molecule has 1 amide bonds. The fourth-order valence-corrected chi connectivity index (χ4v) is 4.04. The van der Waals surface area contributed by atoms with Crippen molar-refractivity contribution in [2.24, 2.45) is 5.92 Å². The fourth-order valence-electron chi connectivity index (χ4n) is 4.04. The first-order valence-corrected chi connectivity index (χ1v) is 10.3. The highest BCUT2D eigenvalue weighted by Gasteiger charge is 2.40. The SMILES string of the molecule is CC/C(=C\c1ccccc1)[C@@H]1C[C@H]1NC1CCN(CC(=O)NCCO)CC1. The van der Waals surface area contributed by atoms with Crippen LogP contribution in [0.1, 0.15) is 38.2 Å². The summed E-state index contributed by atoms with van der Waals surface area (Å²) in [6.07, 6.45) is 6.91. The molecule has 2 aliphatic rings. The van der Waals surface area contributed by atoms with Crippen LogP contribution in [-0.4, -0.2) is 60.8 Å². The highest BCUT2D eigenvalue weighted by Crippen LogP contribution is 2.40. The monoisotopic (exact) mass is 371 g/mol. The van der Waals surface area contributed by atoms with Crippen LogP contribution in [-0.2, 0) is 4.79 Å². The Bertz CT molecular complexity index is 624. The van der Waals surface area contributed by atoms with Gasteiger partial charge in [0.15, 0.2) is 0 Å². The standard InChI is InChI=1S/C22H33N3O2/c1-2-18(14-17-6-4-3-5-7-17)20-15-21(20)24-19-8-11-25(12-9-19)16-22(27)23-10-13-26/h3-7,14,19-21,24,26H,2,8-13,15-16H2,1H3,(H,23,27)/b18-14+/t20-,21+/m0/s1. The topological polar surface area (TPSA) is 64.6 Å². The summed E-state index contributed by atoms with van der Waals surface area (Å²) in [4.78, 5) is 14.0. The number of nitrogens with one attached hydrogen (secondary N) is 2. The third-order valence-electron chi connectivity index (χ3n) is 5.67. The largest absolute Gasteiger partial charge is 0.395 e.